The van der Waals surface area contributed by atoms with Gasteiger partial charge in [-0.2, -0.15) is 0 Å². The number of hydrogen-bond acceptors (Lipinski definition) is 7. The second-order valence-electron chi connectivity index (χ2n) is 9.22. The molecule has 4 atom stereocenters. The normalized spacial score (nSPS) is 26.3. The van der Waals surface area contributed by atoms with Crippen LogP contribution in [-0.2, 0) is 14.3 Å². The van der Waals surface area contributed by atoms with Crippen LogP contribution >= 0.6 is 0 Å². The molecule has 2 amide bonds. The molecule has 184 valence electrons. The molecule has 1 saturated heterocycles. The van der Waals surface area contributed by atoms with Crippen molar-refractivity contribution < 1.29 is 33.3 Å². The lowest BCUT2D eigenvalue weighted by molar-refractivity contribution is -0.155. The van der Waals surface area contributed by atoms with Crippen molar-refractivity contribution in [2.75, 3.05) is 32.8 Å². The molecule has 0 radical (unpaired) electrons. The second-order valence-corrected chi connectivity index (χ2v) is 9.22. The number of anilines is 1. The van der Waals surface area contributed by atoms with E-state index in [0.717, 1.165) is 11.1 Å². The molecular formula is C26H28N2O7. The summed E-state index contributed by atoms with van der Waals surface area (Å²) in [5, 5.41) is 2.88. The van der Waals surface area contributed by atoms with Crippen LogP contribution in [0.1, 0.15) is 41.4 Å². The summed E-state index contributed by atoms with van der Waals surface area (Å²) >= 11 is 0. The molecule has 5 rings (SSSR count). The van der Waals surface area contributed by atoms with Crippen molar-refractivity contribution in [1.82, 2.24) is 4.90 Å². The maximum atomic E-state index is 14.3. The van der Waals surface area contributed by atoms with E-state index < -0.39 is 41.2 Å². The largest absolute Gasteiger partial charge is 0.493 e. The Kier molecular flexibility index (Phi) is 5.38. The number of amides is 2. The highest BCUT2D eigenvalue weighted by Gasteiger charge is 2.67. The van der Waals surface area contributed by atoms with Gasteiger partial charge in [-0.3, -0.25) is 14.4 Å². The van der Waals surface area contributed by atoms with Crippen LogP contribution in [0.3, 0.4) is 0 Å². The molecule has 3 aliphatic rings. The molecule has 1 N–H and O–H groups in total. The zero-order valence-electron chi connectivity index (χ0n) is 20.3. The fraction of sp³-hybridized carbons (Fsp3) is 0.423. The van der Waals surface area contributed by atoms with Gasteiger partial charge in [-0.05, 0) is 32.9 Å². The lowest BCUT2D eigenvalue weighted by atomic mass is 9.77. The number of fused-ring (bicyclic) bond motifs is 6. The number of carbonyl (C=O) groups is 3. The van der Waals surface area contributed by atoms with Gasteiger partial charge < -0.3 is 29.2 Å². The second kappa shape index (κ2) is 8.18. The smallest absolute Gasteiger partial charge is 0.312 e. The number of esters is 1. The number of methoxy groups -OCH3 is 2. The lowest BCUT2D eigenvalue weighted by Crippen LogP contribution is -2.57. The number of nitrogens with zero attached hydrogens (tertiary/aromatic N) is 1. The van der Waals surface area contributed by atoms with Gasteiger partial charge >= 0.3 is 5.97 Å². The number of aryl methyl sites for hydroxylation is 1. The van der Waals surface area contributed by atoms with Crippen molar-refractivity contribution in [3.8, 4) is 17.2 Å². The summed E-state index contributed by atoms with van der Waals surface area (Å²) in [5.41, 5.74) is 0.775. The molecular weight excluding hydrogens is 452 g/mol. The van der Waals surface area contributed by atoms with Gasteiger partial charge in [0.15, 0.2) is 11.5 Å². The Bertz CT molecular complexity index is 1240. The van der Waals surface area contributed by atoms with Crippen LogP contribution in [0.25, 0.3) is 0 Å². The van der Waals surface area contributed by atoms with Crippen molar-refractivity contribution >= 4 is 23.5 Å². The van der Waals surface area contributed by atoms with Gasteiger partial charge in [0.25, 0.3) is 11.8 Å². The maximum absolute atomic E-state index is 14.3. The molecule has 0 saturated carbocycles. The summed E-state index contributed by atoms with van der Waals surface area (Å²) in [6.07, 6.45) is 0. The summed E-state index contributed by atoms with van der Waals surface area (Å²) in [7, 11) is 2.96. The van der Waals surface area contributed by atoms with Gasteiger partial charge in [-0.15, -0.1) is 0 Å². The third-order valence-electron chi connectivity index (χ3n) is 7.35. The molecule has 1 fully saturated rings. The Hall–Kier alpha value is -3.75. The molecule has 0 spiro atoms. The zero-order valence-corrected chi connectivity index (χ0v) is 20.3. The monoisotopic (exact) mass is 480 g/mol. The molecule has 3 aliphatic heterocycles. The first-order valence-electron chi connectivity index (χ1n) is 11.6. The minimum absolute atomic E-state index is 0.156. The highest BCUT2D eigenvalue weighted by atomic mass is 16.5. The first-order chi connectivity index (χ1) is 16.8. The van der Waals surface area contributed by atoms with Gasteiger partial charge in [0.05, 0.1) is 50.6 Å². The average molecular weight is 481 g/mol. The number of rotatable bonds is 4. The minimum atomic E-state index is -1.52. The van der Waals surface area contributed by atoms with E-state index in [1.165, 1.54) is 14.2 Å². The SMILES string of the molecule is CCOC(=O)C1C2COc3ccc(C)cc3C2N2C(=O)c3cc(OC)c(OC)cc3NC(=O)[C@@]12C. The van der Waals surface area contributed by atoms with Gasteiger partial charge in [-0.25, -0.2) is 0 Å². The fourth-order valence-corrected chi connectivity index (χ4v) is 5.77. The number of benzene rings is 2. The van der Waals surface area contributed by atoms with Gasteiger partial charge in [-0.1, -0.05) is 17.7 Å². The quantitative estimate of drug-likeness (QED) is 0.671. The van der Waals surface area contributed by atoms with Crippen molar-refractivity contribution in [2.45, 2.75) is 32.4 Å². The van der Waals surface area contributed by atoms with Crippen LogP contribution in [0, 0.1) is 18.8 Å². The van der Waals surface area contributed by atoms with E-state index in [0.29, 0.717) is 22.9 Å². The average Bonchev–Trinajstić information content (AvgIpc) is 3.09. The van der Waals surface area contributed by atoms with Crippen molar-refractivity contribution in [3.05, 3.63) is 47.0 Å². The van der Waals surface area contributed by atoms with Crippen molar-refractivity contribution in [1.29, 1.82) is 0 Å². The Balaban J connectivity index is 1.76. The molecule has 35 heavy (non-hydrogen) atoms. The minimum Gasteiger partial charge on any atom is -0.493 e. The maximum Gasteiger partial charge on any atom is 0.312 e. The van der Waals surface area contributed by atoms with Crippen molar-refractivity contribution in [3.63, 3.8) is 0 Å². The summed E-state index contributed by atoms with van der Waals surface area (Å²) in [5.74, 6) is -1.42. The summed E-state index contributed by atoms with van der Waals surface area (Å²) in [6.45, 7) is 5.63. The van der Waals surface area contributed by atoms with Crippen LogP contribution in [0.2, 0.25) is 0 Å². The summed E-state index contributed by atoms with van der Waals surface area (Å²) in [6, 6.07) is 8.31. The van der Waals surface area contributed by atoms with Crippen LogP contribution in [-0.4, -0.2) is 55.7 Å². The topological polar surface area (TPSA) is 103 Å². The molecule has 0 aromatic heterocycles. The van der Waals surface area contributed by atoms with Crippen molar-refractivity contribution in [2.24, 2.45) is 11.8 Å². The number of carbonyl (C=O) groups excluding carboxylic acids is 3. The van der Waals surface area contributed by atoms with E-state index in [1.54, 1.807) is 30.9 Å². The van der Waals surface area contributed by atoms with E-state index in [9.17, 15) is 14.4 Å². The first-order valence-corrected chi connectivity index (χ1v) is 11.6. The third-order valence-corrected chi connectivity index (χ3v) is 7.35. The Morgan fingerprint density at radius 1 is 1.17 bits per heavy atom. The van der Waals surface area contributed by atoms with Crippen LogP contribution in [0.15, 0.2) is 30.3 Å². The summed E-state index contributed by atoms with van der Waals surface area (Å²) in [4.78, 5) is 43.0. The standard InChI is InChI=1S/C26H28N2O7/c1-6-34-24(30)21-16-12-35-18-8-7-13(2)9-15(18)22(16)28-23(29)14-10-19(32-4)20(33-5)11-17(14)27-25(31)26(21,28)3/h7-11,16,21-22H,6,12H2,1-5H3,(H,27,31)/t16?,21?,22?,26-/m1/s1. The molecule has 2 aromatic rings. The molecule has 9 heteroatoms. The molecule has 9 nitrogen and oxygen atoms in total. The Labute approximate surface area is 203 Å². The van der Waals surface area contributed by atoms with Gasteiger partial charge in [0.1, 0.15) is 11.3 Å². The zero-order chi connectivity index (χ0) is 25.1. The predicted molar refractivity (Wildman–Crippen MR) is 126 cm³/mol. The van der Waals surface area contributed by atoms with Crippen LogP contribution in [0.5, 0.6) is 17.2 Å². The highest BCUT2D eigenvalue weighted by Crippen LogP contribution is 2.57. The fourth-order valence-electron chi connectivity index (χ4n) is 5.77. The van der Waals surface area contributed by atoms with Crippen LogP contribution < -0.4 is 19.5 Å². The van der Waals surface area contributed by atoms with E-state index in [2.05, 4.69) is 5.32 Å². The number of ether oxygens (including phenoxy) is 4. The molecule has 0 bridgehead atoms. The molecule has 2 aromatic carbocycles. The molecule has 0 aliphatic carbocycles. The van der Waals surface area contributed by atoms with E-state index in [1.807, 2.05) is 25.1 Å². The van der Waals surface area contributed by atoms with E-state index in [4.69, 9.17) is 18.9 Å². The summed E-state index contributed by atoms with van der Waals surface area (Å²) < 4.78 is 22.2. The molecule has 3 unspecified atom stereocenters. The number of hydrogen-bond donors (Lipinski definition) is 1. The van der Waals surface area contributed by atoms with E-state index in [-0.39, 0.29) is 18.8 Å². The third kappa shape index (κ3) is 3.17. The van der Waals surface area contributed by atoms with Gasteiger partial charge in [0.2, 0.25) is 0 Å². The number of nitrogens with one attached hydrogen (secondary N) is 1. The lowest BCUT2D eigenvalue weighted by Gasteiger charge is -2.38. The van der Waals surface area contributed by atoms with Gasteiger partial charge in [0, 0.05) is 17.5 Å². The Morgan fingerprint density at radius 2 is 1.89 bits per heavy atom. The highest BCUT2D eigenvalue weighted by molar-refractivity contribution is 6.14. The predicted octanol–water partition coefficient (Wildman–Crippen LogP) is 3.11. The molecule has 3 heterocycles. The van der Waals surface area contributed by atoms with E-state index >= 15 is 0 Å². The Morgan fingerprint density at radius 3 is 2.57 bits per heavy atom. The first kappa shape index (κ1) is 23.0. The van der Waals surface area contributed by atoms with Crippen LogP contribution in [0.4, 0.5) is 5.69 Å².